The molecule has 3 rings (SSSR count). The summed E-state index contributed by atoms with van der Waals surface area (Å²) in [6.07, 6.45) is 2.92. The van der Waals surface area contributed by atoms with E-state index in [4.69, 9.17) is 0 Å². The highest BCUT2D eigenvalue weighted by Crippen LogP contribution is 2.26. The third-order valence-electron chi connectivity index (χ3n) is 4.50. The van der Waals surface area contributed by atoms with Gasteiger partial charge in [-0.15, -0.1) is 10.2 Å². The Bertz CT molecular complexity index is 888. The number of aryl methyl sites for hydroxylation is 1. The van der Waals surface area contributed by atoms with Crippen LogP contribution in [0.4, 0.5) is 5.13 Å². The first-order chi connectivity index (χ1) is 12.9. The van der Waals surface area contributed by atoms with Crippen molar-refractivity contribution in [2.24, 2.45) is 5.92 Å². The number of sulfonamides is 1. The molecule has 1 aliphatic heterocycles. The van der Waals surface area contributed by atoms with Crippen LogP contribution >= 0.6 is 23.1 Å². The van der Waals surface area contributed by atoms with E-state index in [1.165, 1.54) is 27.4 Å². The summed E-state index contributed by atoms with van der Waals surface area (Å²) in [4.78, 5) is 12.4. The predicted molar refractivity (Wildman–Crippen MR) is 108 cm³/mol. The molecule has 10 heteroatoms. The van der Waals surface area contributed by atoms with Gasteiger partial charge in [0.25, 0.3) is 0 Å². The van der Waals surface area contributed by atoms with Gasteiger partial charge >= 0.3 is 0 Å². The minimum Gasteiger partial charge on any atom is -0.300 e. The average Bonchev–Trinajstić information content (AvgIpc) is 3.11. The second-order valence-electron chi connectivity index (χ2n) is 6.48. The van der Waals surface area contributed by atoms with Gasteiger partial charge in [-0.2, -0.15) is 0 Å². The number of amides is 1. The largest absolute Gasteiger partial charge is 0.300 e. The van der Waals surface area contributed by atoms with Gasteiger partial charge in [-0.3, -0.25) is 4.79 Å². The second-order valence-corrected chi connectivity index (χ2v) is 10.5. The molecule has 0 bridgehead atoms. The summed E-state index contributed by atoms with van der Waals surface area (Å²) in [7, 11) is -3.38. The van der Waals surface area contributed by atoms with E-state index in [1.54, 1.807) is 0 Å². The summed E-state index contributed by atoms with van der Waals surface area (Å²) in [6, 6.07) is 7.52. The number of aromatic nitrogens is 2. The van der Waals surface area contributed by atoms with E-state index in [-0.39, 0.29) is 17.6 Å². The molecule has 2 aromatic rings. The van der Waals surface area contributed by atoms with E-state index < -0.39 is 10.0 Å². The summed E-state index contributed by atoms with van der Waals surface area (Å²) in [5.41, 5.74) is 1.88. The number of nitrogens with zero attached hydrogens (tertiary/aromatic N) is 3. The predicted octanol–water partition coefficient (Wildman–Crippen LogP) is 2.75. The van der Waals surface area contributed by atoms with Crippen molar-refractivity contribution in [1.29, 1.82) is 0 Å². The van der Waals surface area contributed by atoms with Gasteiger partial charge in [0.1, 0.15) is 0 Å². The molecule has 1 amide bonds. The van der Waals surface area contributed by atoms with Gasteiger partial charge in [-0.1, -0.05) is 52.9 Å². The number of hydrogen-bond acceptors (Lipinski definition) is 7. The molecule has 0 aliphatic carbocycles. The van der Waals surface area contributed by atoms with Crippen LogP contribution in [0, 0.1) is 12.8 Å². The monoisotopic (exact) mass is 426 g/mol. The second kappa shape index (κ2) is 8.68. The fourth-order valence-corrected chi connectivity index (χ4v) is 5.67. The highest BCUT2D eigenvalue weighted by Gasteiger charge is 2.31. The summed E-state index contributed by atoms with van der Waals surface area (Å²) < 4.78 is 27.6. The first-order valence-electron chi connectivity index (χ1n) is 8.59. The first kappa shape index (κ1) is 20.2. The van der Waals surface area contributed by atoms with E-state index >= 15 is 0 Å². The topological polar surface area (TPSA) is 92.3 Å². The van der Waals surface area contributed by atoms with Crippen molar-refractivity contribution < 1.29 is 13.2 Å². The maximum absolute atomic E-state index is 12.6. The number of rotatable bonds is 6. The number of thioether (sulfide) groups is 1. The highest BCUT2D eigenvalue weighted by molar-refractivity contribution is 8.00. The van der Waals surface area contributed by atoms with Crippen molar-refractivity contribution in [1.82, 2.24) is 14.5 Å². The molecule has 1 aromatic heterocycles. The van der Waals surface area contributed by atoms with Crippen LogP contribution in [0.25, 0.3) is 0 Å². The molecule has 0 unspecified atom stereocenters. The number of anilines is 1. The zero-order chi connectivity index (χ0) is 19.4. The van der Waals surface area contributed by atoms with Crippen molar-refractivity contribution in [3.05, 3.63) is 35.4 Å². The molecule has 1 fully saturated rings. The van der Waals surface area contributed by atoms with Crippen molar-refractivity contribution in [2.75, 3.05) is 24.7 Å². The summed E-state index contributed by atoms with van der Waals surface area (Å²) >= 11 is 2.81. The van der Waals surface area contributed by atoms with E-state index in [0.717, 1.165) is 15.5 Å². The van der Waals surface area contributed by atoms with Gasteiger partial charge < -0.3 is 5.32 Å². The lowest BCUT2D eigenvalue weighted by Gasteiger charge is -2.30. The summed E-state index contributed by atoms with van der Waals surface area (Å²) in [5, 5.41) is 11.2. The molecule has 1 saturated heterocycles. The van der Waals surface area contributed by atoms with Crippen LogP contribution in [-0.4, -0.2) is 48.2 Å². The van der Waals surface area contributed by atoms with Crippen LogP contribution in [0.2, 0.25) is 0 Å². The Labute approximate surface area is 167 Å². The molecule has 1 N–H and O–H groups in total. The fourth-order valence-electron chi connectivity index (χ4n) is 2.93. The number of carbonyl (C=O) groups excluding carboxylic acids is 1. The Kier molecular flexibility index (Phi) is 6.51. The van der Waals surface area contributed by atoms with E-state index in [1.807, 2.05) is 37.4 Å². The summed E-state index contributed by atoms with van der Waals surface area (Å²) in [5.74, 6) is -0.335. The Hall–Kier alpha value is -1.49. The fraction of sp³-hybridized carbons (Fsp3) is 0.471. The van der Waals surface area contributed by atoms with Crippen LogP contribution in [0.1, 0.15) is 24.0 Å². The van der Waals surface area contributed by atoms with Gasteiger partial charge in [0, 0.05) is 19.0 Å². The average molecular weight is 427 g/mol. The van der Waals surface area contributed by atoms with E-state index in [9.17, 15) is 13.2 Å². The molecule has 1 aromatic carbocycles. The molecule has 7 nitrogen and oxygen atoms in total. The van der Waals surface area contributed by atoms with Crippen molar-refractivity contribution in [2.45, 2.75) is 29.9 Å². The molecule has 0 atom stereocenters. The Morgan fingerprint density at radius 3 is 2.52 bits per heavy atom. The smallest absolute Gasteiger partial charge is 0.229 e. The van der Waals surface area contributed by atoms with Gasteiger partial charge in [0.05, 0.1) is 5.75 Å². The zero-order valence-electron chi connectivity index (χ0n) is 15.2. The van der Waals surface area contributed by atoms with Gasteiger partial charge in [0.2, 0.25) is 21.1 Å². The van der Waals surface area contributed by atoms with Crippen LogP contribution in [0.15, 0.2) is 28.6 Å². The SMILES string of the molecule is CSc1nnc(NC(=O)C2CCN(S(=O)(=O)Cc3ccc(C)cc3)CC2)s1. The Morgan fingerprint density at radius 2 is 1.93 bits per heavy atom. The molecule has 0 saturated carbocycles. The van der Waals surface area contributed by atoms with Crippen LogP contribution in [0.3, 0.4) is 0 Å². The zero-order valence-corrected chi connectivity index (χ0v) is 17.7. The van der Waals surface area contributed by atoms with Gasteiger partial charge in [-0.25, -0.2) is 12.7 Å². The lowest BCUT2D eigenvalue weighted by molar-refractivity contribution is -0.120. The molecular weight excluding hydrogens is 404 g/mol. The van der Waals surface area contributed by atoms with Gasteiger partial charge in [-0.05, 0) is 31.6 Å². The normalized spacial score (nSPS) is 16.4. The summed E-state index contributed by atoms with van der Waals surface area (Å²) in [6.45, 7) is 2.69. The Balaban J connectivity index is 1.54. The standard InChI is InChI=1S/C17H22N4O3S3/c1-12-3-5-13(6-4-12)11-27(23,24)21-9-7-14(8-10-21)15(22)18-16-19-20-17(25-2)26-16/h3-6,14H,7-11H2,1-2H3,(H,18,19,22). The van der Waals surface area contributed by atoms with Gasteiger partial charge in [0.15, 0.2) is 4.34 Å². The highest BCUT2D eigenvalue weighted by atomic mass is 32.2. The van der Waals surface area contributed by atoms with Crippen molar-refractivity contribution in [3.63, 3.8) is 0 Å². The molecule has 0 radical (unpaired) electrons. The lowest BCUT2D eigenvalue weighted by Crippen LogP contribution is -2.41. The minimum atomic E-state index is -3.38. The van der Waals surface area contributed by atoms with Crippen LogP contribution < -0.4 is 5.32 Å². The Morgan fingerprint density at radius 1 is 1.26 bits per heavy atom. The molecule has 2 heterocycles. The van der Waals surface area contributed by atoms with Crippen LogP contribution in [-0.2, 0) is 20.6 Å². The van der Waals surface area contributed by atoms with Crippen LogP contribution in [0.5, 0.6) is 0 Å². The number of nitrogens with one attached hydrogen (secondary N) is 1. The number of hydrogen-bond donors (Lipinski definition) is 1. The molecule has 146 valence electrons. The maximum Gasteiger partial charge on any atom is 0.229 e. The van der Waals surface area contributed by atoms with Crippen molar-refractivity contribution in [3.8, 4) is 0 Å². The lowest BCUT2D eigenvalue weighted by atomic mass is 9.97. The molecule has 27 heavy (non-hydrogen) atoms. The minimum absolute atomic E-state index is 0.00755. The molecule has 0 spiro atoms. The number of benzene rings is 1. The quantitative estimate of drug-likeness (QED) is 0.564. The first-order valence-corrected chi connectivity index (χ1v) is 12.2. The third kappa shape index (κ3) is 5.28. The third-order valence-corrected chi connectivity index (χ3v) is 8.16. The number of carbonyl (C=O) groups is 1. The molecule has 1 aliphatic rings. The van der Waals surface area contributed by atoms with E-state index in [0.29, 0.717) is 31.1 Å². The number of piperidine rings is 1. The van der Waals surface area contributed by atoms with Crippen molar-refractivity contribution >= 4 is 44.2 Å². The van der Waals surface area contributed by atoms with E-state index in [2.05, 4.69) is 15.5 Å². The molecular formula is C17H22N4O3S3. The maximum atomic E-state index is 12.6.